The van der Waals surface area contributed by atoms with Crippen molar-refractivity contribution in [2.24, 2.45) is 0 Å². The molecule has 0 amide bonds. The Morgan fingerprint density at radius 3 is 3.00 bits per heavy atom. The highest BCUT2D eigenvalue weighted by Crippen LogP contribution is 2.33. The molecule has 0 spiro atoms. The maximum Gasteiger partial charge on any atom is 0.144 e. The lowest BCUT2D eigenvalue weighted by atomic mass is 10.1. The molecule has 0 fully saturated rings. The van der Waals surface area contributed by atoms with Gasteiger partial charge in [-0.3, -0.25) is 0 Å². The number of rotatable bonds is 0. The van der Waals surface area contributed by atoms with Gasteiger partial charge in [-0.2, -0.15) is 0 Å². The molecule has 0 aliphatic carbocycles. The van der Waals surface area contributed by atoms with Crippen molar-refractivity contribution in [2.75, 3.05) is 0 Å². The number of hydrogen-bond acceptors (Lipinski definition) is 1. The lowest BCUT2D eigenvalue weighted by Gasteiger charge is -2.24. The minimum absolute atomic E-state index is 0.0622. The molecule has 78 valence electrons. The van der Waals surface area contributed by atoms with Crippen molar-refractivity contribution in [3.8, 4) is 5.75 Å². The summed E-state index contributed by atoms with van der Waals surface area (Å²) in [6, 6.07) is 8.41. The van der Waals surface area contributed by atoms with Gasteiger partial charge in [0.1, 0.15) is 11.4 Å². The summed E-state index contributed by atoms with van der Waals surface area (Å²) in [4.78, 5) is 0. The number of ether oxygens (including phenoxy) is 1. The standard InChI is InChI=1S/C13H15NO/c1-13(2)7-9-14-8-6-10-4-3-5-11(15-13)12(10)14/h3-6,8H,7,9H2,1-2H3. The molecule has 2 heteroatoms. The van der Waals surface area contributed by atoms with Crippen LogP contribution in [-0.2, 0) is 6.54 Å². The van der Waals surface area contributed by atoms with Gasteiger partial charge in [-0.05, 0) is 26.0 Å². The predicted molar refractivity (Wildman–Crippen MR) is 61.3 cm³/mol. The third-order valence-electron chi connectivity index (χ3n) is 3.09. The summed E-state index contributed by atoms with van der Waals surface area (Å²) in [7, 11) is 0. The molecule has 0 saturated heterocycles. The highest BCUT2D eigenvalue weighted by atomic mass is 16.5. The van der Waals surface area contributed by atoms with Crippen LogP contribution in [-0.4, -0.2) is 10.2 Å². The van der Waals surface area contributed by atoms with Crippen LogP contribution in [0.1, 0.15) is 20.3 Å². The summed E-state index contributed by atoms with van der Waals surface area (Å²) in [6.45, 7) is 5.34. The number of aromatic nitrogens is 1. The molecule has 1 aliphatic rings. The van der Waals surface area contributed by atoms with E-state index in [9.17, 15) is 0 Å². The average molecular weight is 201 g/mol. The summed E-state index contributed by atoms with van der Waals surface area (Å²) < 4.78 is 8.34. The molecule has 0 bridgehead atoms. The van der Waals surface area contributed by atoms with Crippen LogP contribution in [0.25, 0.3) is 10.9 Å². The SMILES string of the molecule is CC1(C)CCn2ccc3cccc(c32)O1. The molecule has 0 N–H and O–H groups in total. The number of benzene rings is 1. The van der Waals surface area contributed by atoms with Crippen molar-refractivity contribution in [1.29, 1.82) is 0 Å². The minimum Gasteiger partial charge on any atom is -0.486 e. The molecule has 1 aromatic carbocycles. The zero-order chi connectivity index (χ0) is 10.5. The zero-order valence-corrected chi connectivity index (χ0v) is 9.16. The molecule has 0 saturated carbocycles. The topological polar surface area (TPSA) is 14.2 Å². The third kappa shape index (κ3) is 1.32. The van der Waals surface area contributed by atoms with E-state index in [1.54, 1.807) is 0 Å². The van der Waals surface area contributed by atoms with E-state index in [0.717, 1.165) is 18.7 Å². The largest absolute Gasteiger partial charge is 0.486 e. The van der Waals surface area contributed by atoms with E-state index in [-0.39, 0.29) is 5.60 Å². The Morgan fingerprint density at radius 2 is 2.13 bits per heavy atom. The van der Waals surface area contributed by atoms with Gasteiger partial charge in [-0.1, -0.05) is 12.1 Å². The Morgan fingerprint density at radius 1 is 1.27 bits per heavy atom. The Bertz CT molecular complexity index is 510. The molecule has 1 aromatic heterocycles. The van der Waals surface area contributed by atoms with Crippen LogP contribution >= 0.6 is 0 Å². The first-order chi connectivity index (χ1) is 7.16. The van der Waals surface area contributed by atoms with Gasteiger partial charge in [-0.15, -0.1) is 0 Å². The van der Waals surface area contributed by atoms with E-state index in [2.05, 4.69) is 48.9 Å². The van der Waals surface area contributed by atoms with E-state index < -0.39 is 0 Å². The van der Waals surface area contributed by atoms with Crippen LogP contribution < -0.4 is 4.74 Å². The Kier molecular flexibility index (Phi) is 1.64. The summed E-state index contributed by atoms with van der Waals surface area (Å²) >= 11 is 0. The van der Waals surface area contributed by atoms with Gasteiger partial charge in [0.25, 0.3) is 0 Å². The minimum atomic E-state index is -0.0622. The summed E-state index contributed by atoms with van der Waals surface area (Å²) in [6.07, 6.45) is 3.20. The third-order valence-corrected chi connectivity index (χ3v) is 3.09. The normalized spacial score (nSPS) is 18.5. The first-order valence-corrected chi connectivity index (χ1v) is 5.43. The fourth-order valence-electron chi connectivity index (χ4n) is 2.23. The lowest BCUT2D eigenvalue weighted by molar-refractivity contribution is 0.102. The number of nitrogens with zero attached hydrogens (tertiary/aromatic N) is 1. The molecular formula is C13H15NO. The van der Waals surface area contributed by atoms with Crippen LogP contribution in [0.4, 0.5) is 0 Å². The summed E-state index contributed by atoms with van der Waals surface area (Å²) in [5.74, 6) is 1.01. The van der Waals surface area contributed by atoms with Crippen molar-refractivity contribution in [3.63, 3.8) is 0 Å². The number of para-hydroxylation sites is 1. The van der Waals surface area contributed by atoms with Crippen molar-refractivity contribution in [3.05, 3.63) is 30.5 Å². The Balaban J connectivity index is 2.28. The van der Waals surface area contributed by atoms with Crippen LogP contribution in [0.15, 0.2) is 30.5 Å². The molecule has 2 heterocycles. The average Bonchev–Trinajstić information content (AvgIpc) is 2.53. The number of hydrogen-bond donors (Lipinski definition) is 0. The van der Waals surface area contributed by atoms with Gasteiger partial charge >= 0.3 is 0 Å². The maximum absolute atomic E-state index is 6.05. The van der Waals surface area contributed by atoms with Gasteiger partial charge in [0.05, 0.1) is 5.52 Å². The maximum atomic E-state index is 6.05. The van der Waals surface area contributed by atoms with Crippen molar-refractivity contribution in [1.82, 2.24) is 4.57 Å². The second kappa shape index (κ2) is 2.78. The van der Waals surface area contributed by atoms with Crippen molar-refractivity contribution < 1.29 is 4.74 Å². The van der Waals surface area contributed by atoms with Gasteiger partial charge in [0.2, 0.25) is 0 Å². The smallest absolute Gasteiger partial charge is 0.144 e. The van der Waals surface area contributed by atoms with E-state index >= 15 is 0 Å². The fraction of sp³-hybridized carbons (Fsp3) is 0.385. The van der Waals surface area contributed by atoms with Crippen LogP contribution in [0.5, 0.6) is 5.75 Å². The van der Waals surface area contributed by atoms with Gasteiger partial charge in [0.15, 0.2) is 0 Å². The zero-order valence-electron chi connectivity index (χ0n) is 9.16. The molecule has 2 nitrogen and oxygen atoms in total. The summed E-state index contributed by atoms with van der Waals surface area (Å²) in [5, 5.41) is 1.27. The molecule has 0 unspecified atom stereocenters. The van der Waals surface area contributed by atoms with E-state index in [0.29, 0.717) is 0 Å². The molecule has 2 aromatic rings. The van der Waals surface area contributed by atoms with E-state index in [4.69, 9.17) is 4.74 Å². The van der Waals surface area contributed by atoms with Crippen LogP contribution in [0, 0.1) is 0 Å². The molecule has 15 heavy (non-hydrogen) atoms. The molecule has 0 atom stereocenters. The van der Waals surface area contributed by atoms with Crippen LogP contribution in [0.2, 0.25) is 0 Å². The van der Waals surface area contributed by atoms with Gasteiger partial charge < -0.3 is 9.30 Å². The van der Waals surface area contributed by atoms with E-state index in [1.165, 1.54) is 10.9 Å². The molecule has 0 radical (unpaired) electrons. The number of aryl methyl sites for hydroxylation is 1. The van der Waals surface area contributed by atoms with Gasteiger partial charge in [0, 0.05) is 24.5 Å². The molecule has 3 rings (SSSR count). The molecule has 1 aliphatic heterocycles. The van der Waals surface area contributed by atoms with Crippen LogP contribution in [0.3, 0.4) is 0 Å². The van der Waals surface area contributed by atoms with Gasteiger partial charge in [-0.25, -0.2) is 0 Å². The highest BCUT2D eigenvalue weighted by Gasteiger charge is 2.24. The first kappa shape index (κ1) is 8.84. The summed E-state index contributed by atoms with van der Waals surface area (Å²) in [5.41, 5.74) is 1.18. The monoisotopic (exact) mass is 201 g/mol. The lowest BCUT2D eigenvalue weighted by Crippen LogP contribution is -2.27. The highest BCUT2D eigenvalue weighted by molar-refractivity contribution is 5.86. The Labute approximate surface area is 89.5 Å². The predicted octanol–water partition coefficient (Wildman–Crippen LogP) is 3.20. The quantitative estimate of drug-likeness (QED) is 0.638. The fourth-order valence-corrected chi connectivity index (χ4v) is 2.23. The molecular weight excluding hydrogens is 186 g/mol. The Hall–Kier alpha value is -1.44. The second-order valence-electron chi connectivity index (χ2n) is 4.81. The van der Waals surface area contributed by atoms with E-state index in [1.807, 2.05) is 0 Å². The first-order valence-electron chi connectivity index (χ1n) is 5.43. The second-order valence-corrected chi connectivity index (χ2v) is 4.81. The van der Waals surface area contributed by atoms with Crippen molar-refractivity contribution in [2.45, 2.75) is 32.4 Å². The van der Waals surface area contributed by atoms with Crippen molar-refractivity contribution >= 4 is 10.9 Å².